The summed E-state index contributed by atoms with van der Waals surface area (Å²) < 4.78 is 0. The largest absolute Gasteiger partial charge is 0.229 e. The summed E-state index contributed by atoms with van der Waals surface area (Å²) in [6.45, 7) is 5.80. The highest BCUT2D eigenvalue weighted by Crippen LogP contribution is 2.49. The summed E-state index contributed by atoms with van der Waals surface area (Å²) in [5.74, 6) is 0.819. The minimum Gasteiger partial charge on any atom is -0.229 e. The average molecular weight is 99.2 g/mol. The third-order valence-electron chi connectivity index (χ3n) is 2.45. The number of hydrogen-bond donors (Lipinski definition) is 0. The Kier molecular flexibility index (Phi) is 0.747. The summed E-state index contributed by atoms with van der Waals surface area (Å²) in [7, 11) is 0. The van der Waals surface area contributed by atoms with Crippen molar-refractivity contribution in [1.29, 1.82) is 0 Å². The second-order valence-corrected chi connectivity index (χ2v) is 2.76. The van der Waals surface area contributed by atoms with Crippen LogP contribution in [0.1, 0.15) is 20.8 Å². The second-order valence-electron chi connectivity index (χ2n) is 2.76. The molecule has 0 aromatic carbocycles. The van der Waals surface area contributed by atoms with E-state index in [0.29, 0.717) is 11.8 Å². The summed E-state index contributed by atoms with van der Waals surface area (Å²) >= 11 is 0. The van der Waals surface area contributed by atoms with E-state index in [1.54, 1.807) is 6.92 Å². The topological polar surface area (TPSA) is 19.9 Å². The van der Waals surface area contributed by atoms with Gasteiger partial charge in [-0.25, -0.2) is 5.11 Å². The second kappa shape index (κ2) is 1.03. The molecule has 0 N–H and O–H groups in total. The zero-order valence-electron chi connectivity index (χ0n) is 5.06. The Morgan fingerprint density at radius 2 is 1.43 bits per heavy atom. The Balaban J connectivity index is 2.52. The molecule has 0 spiro atoms. The molecule has 1 nitrogen and oxygen atoms in total. The molecule has 0 amide bonds. The molecule has 1 rings (SSSR count). The molecule has 0 aromatic heterocycles. The molecule has 1 aliphatic carbocycles. The van der Waals surface area contributed by atoms with Gasteiger partial charge in [-0.1, -0.05) is 13.8 Å². The van der Waals surface area contributed by atoms with Gasteiger partial charge in [-0.2, -0.15) is 0 Å². The van der Waals surface area contributed by atoms with Gasteiger partial charge in [0.15, 0.2) is 0 Å². The van der Waals surface area contributed by atoms with Crippen LogP contribution in [-0.4, -0.2) is 5.60 Å². The summed E-state index contributed by atoms with van der Waals surface area (Å²) in [5.41, 5.74) is -0.583. The predicted molar refractivity (Wildman–Crippen MR) is 27.4 cm³/mol. The van der Waals surface area contributed by atoms with Gasteiger partial charge in [-0.05, 0) is 18.8 Å². The Morgan fingerprint density at radius 3 is 1.43 bits per heavy atom. The van der Waals surface area contributed by atoms with Crippen LogP contribution in [0.2, 0.25) is 0 Å². The molecule has 1 aliphatic rings. The van der Waals surface area contributed by atoms with Gasteiger partial charge >= 0.3 is 0 Å². The molecule has 2 atom stereocenters. The lowest BCUT2D eigenvalue weighted by Gasteiger charge is -1.89. The smallest absolute Gasteiger partial charge is 0.107 e. The maximum Gasteiger partial charge on any atom is 0.107 e. The van der Waals surface area contributed by atoms with Gasteiger partial charge in [0.1, 0.15) is 5.60 Å². The summed E-state index contributed by atoms with van der Waals surface area (Å²) in [6.07, 6.45) is 0. The molecule has 41 valence electrons. The van der Waals surface area contributed by atoms with E-state index in [1.807, 2.05) is 13.8 Å². The van der Waals surface area contributed by atoms with E-state index in [2.05, 4.69) is 0 Å². The average Bonchev–Trinajstić information content (AvgIpc) is 1.91. The molecular formula is C6H11O. The van der Waals surface area contributed by atoms with Crippen molar-refractivity contribution in [3.63, 3.8) is 0 Å². The van der Waals surface area contributed by atoms with Gasteiger partial charge in [0.25, 0.3) is 0 Å². The quantitative estimate of drug-likeness (QED) is 0.438. The Bertz CT molecular complexity index is 76.2. The normalized spacial score (nSPS) is 60.0. The van der Waals surface area contributed by atoms with Crippen LogP contribution in [0.15, 0.2) is 0 Å². The Morgan fingerprint density at radius 1 is 1.29 bits per heavy atom. The van der Waals surface area contributed by atoms with Crippen LogP contribution in [-0.2, 0) is 5.11 Å². The van der Waals surface area contributed by atoms with Crippen molar-refractivity contribution >= 4 is 0 Å². The van der Waals surface area contributed by atoms with Gasteiger partial charge in [-0.15, -0.1) is 0 Å². The van der Waals surface area contributed by atoms with Crippen LogP contribution < -0.4 is 0 Å². The Labute approximate surface area is 44.4 Å². The molecule has 1 heteroatoms. The Hall–Kier alpha value is -0.0400. The molecule has 0 bridgehead atoms. The highest BCUT2D eigenvalue weighted by molar-refractivity contribution is 5.03. The third-order valence-corrected chi connectivity index (χ3v) is 2.45. The SMILES string of the molecule is CC1C(C)C1(C)[O]. The highest BCUT2D eigenvalue weighted by Gasteiger charge is 2.56. The van der Waals surface area contributed by atoms with Gasteiger partial charge in [0.2, 0.25) is 0 Å². The summed E-state index contributed by atoms with van der Waals surface area (Å²) in [4.78, 5) is 0. The lowest BCUT2D eigenvalue weighted by molar-refractivity contribution is 0.0585. The van der Waals surface area contributed by atoms with Crippen LogP contribution in [0.5, 0.6) is 0 Å². The van der Waals surface area contributed by atoms with Crippen molar-refractivity contribution in [2.75, 3.05) is 0 Å². The van der Waals surface area contributed by atoms with Crippen LogP contribution in [0.3, 0.4) is 0 Å². The van der Waals surface area contributed by atoms with E-state index in [-0.39, 0.29) is 0 Å². The van der Waals surface area contributed by atoms with Crippen molar-refractivity contribution in [1.82, 2.24) is 0 Å². The van der Waals surface area contributed by atoms with Crippen molar-refractivity contribution in [3.05, 3.63) is 0 Å². The molecular weight excluding hydrogens is 88.1 g/mol. The van der Waals surface area contributed by atoms with Crippen molar-refractivity contribution in [2.24, 2.45) is 11.8 Å². The zero-order valence-corrected chi connectivity index (χ0v) is 5.06. The minimum absolute atomic E-state index is 0.410. The first-order valence-corrected chi connectivity index (χ1v) is 2.77. The fraction of sp³-hybridized carbons (Fsp3) is 1.00. The molecule has 2 unspecified atom stereocenters. The van der Waals surface area contributed by atoms with E-state index in [0.717, 1.165) is 0 Å². The van der Waals surface area contributed by atoms with Crippen LogP contribution in [0.25, 0.3) is 0 Å². The van der Waals surface area contributed by atoms with E-state index in [9.17, 15) is 5.11 Å². The zero-order chi connectivity index (χ0) is 5.65. The van der Waals surface area contributed by atoms with Gasteiger partial charge in [0, 0.05) is 0 Å². The first-order chi connectivity index (χ1) is 3.07. The molecule has 0 aliphatic heterocycles. The van der Waals surface area contributed by atoms with E-state index >= 15 is 0 Å². The maximum absolute atomic E-state index is 10.9. The third kappa shape index (κ3) is 0.480. The van der Waals surface area contributed by atoms with Gasteiger partial charge in [0.05, 0.1) is 0 Å². The number of hydrogen-bond acceptors (Lipinski definition) is 0. The fourth-order valence-corrected chi connectivity index (χ4v) is 0.946. The van der Waals surface area contributed by atoms with Gasteiger partial charge in [-0.3, -0.25) is 0 Å². The van der Waals surface area contributed by atoms with Crippen molar-refractivity contribution in [3.8, 4) is 0 Å². The summed E-state index contributed by atoms with van der Waals surface area (Å²) in [6, 6.07) is 0. The lowest BCUT2D eigenvalue weighted by Crippen LogP contribution is -2.00. The van der Waals surface area contributed by atoms with Crippen molar-refractivity contribution < 1.29 is 5.11 Å². The highest BCUT2D eigenvalue weighted by atomic mass is 16.3. The van der Waals surface area contributed by atoms with Gasteiger partial charge < -0.3 is 0 Å². The minimum atomic E-state index is -0.583. The first-order valence-electron chi connectivity index (χ1n) is 2.77. The fourth-order valence-electron chi connectivity index (χ4n) is 0.946. The van der Waals surface area contributed by atoms with E-state index in [4.69, 9.17) is 0 Å². The van der Waals surface area contributed by atoms with Crippen LogP contribution >= 0.6 is 0 Å². The standard InChI is InChI=1S/C6H11O/c1-4-5(2)6(4,3)7/h4-5H,1-3H3. The molecule has 0 saturated heterocycles. The lowest BCUT2D eigenvalue weighted by atomic mass is 10.3. The molecule has 1 saturated carbocycles. The molecule has 0 aromatic rings. The molecule has 1 radical (unpaired) electrons. The van der Waals surface area contributed by atoms with Crippen LogP contribution in [0, 0.1) is 11.8 Å². The monoisotopic (exact) mass is 99.1 g/mol. The molecule has 7 heavy (non-hydrogen) atoms. The summed E-state index contributed by atoms with van der Waals surface area (Å²) in [5, 5.41) is 10.9. The van der Waals surface area contributed by atoms with Crippen LogP contribution in [0.4, 0.5) is 0 Å². The predicted octanol–water partition coefficient (Wildman–Crippen LogP) is 1.46. The van der Waals surface area contributed by atoms with Crippen molar-refractivity contribution in [2.45, 2.75) is 26.4 Å². The van der Waals surface area contributed by atoms with E-state index in [1.165, 1.54) is 0 Å². The molecule has 1 fully saturated rings. The van der Waals surface area contributed by atoms with E-state index < -0.39 is 5.60 Å². The maximum atomic E-state index is 10.9. The first kappa shape index (κ1) is 5.10. The number of rotatable bonds is 0. The molecule has 0 heterocycles.